The second-order valence-electron chi connectivity index (χ2n) is 7.14. The van der Waals surface area contributed by atoms with Crippen molar-refractivity contribution < 1.29 is 9.59 Å². The summed E-state index contributed by atoms with van der Waals surface area (Å²) in [5.74, 6) is -0.658. The normalized spacial score (nSPS) is 14.0. The number of nitrogens with zero attached hydrogens (tertiary/aromatic N) is 2. The Bertz CT molecular complexity index is 1080. The molecular weight excluding hydrogens is 416 g/mol. The molecule has 0 unspecified atom stereocenters. The Morgan fingerprint density at radius 1 is 1.17 bits per heavy atom. The molecule has 0 saturated heterocycles. The Balaban J connectivity index is 1.49. The largest absolute Gasteiger partial charge is 0.365 e. The Labute approximate surface area is 183 Å². The summed E-state index contributed by atoms with van der Waals surface area (Å²) in [7, 11) is 0. The number of fused-ring (bicyclic) bond motifs is 1. The van der Waals surface area contributed by atoms with Gasteiger partial charge in [-0.25, -0.2) is 9.97 Å². The van der Waals surface area contributed by atoms with Crippen LogP contribution in [0.4, 0.5) is 5.00 Å². The van der Waals surface area contributed by atoms with Crippen LogP contribution in [0.5, 0.6) is 0 Å². The van der Waals surface area contributed by atoms with Crippen LogP contribution in [0.25, 0.3) is 11.3 Å². The van der Waals surface area contributed by atoms with Crippen molar-refractivity contribution in [3.63, 3.8) is 0 Å². The van der Waals surface area contributed by atoms with Crippen molar-refractivity contribution in [2.75, 3.05) is 5.32 Å². The number of carbonyl (C=O) groups excluding carboxylic acids is 2. The van der Waals surface area contributed by atoms with E-state index in [1.807, 2.05) is 43.3 Å². The second kappa shape index (κ2) is 8.97. The minimum absolute atomic E-state index is 0.180. The Hall–Kier alpha value is -2.71. The van der Waals surface area contributed by atoms with Crippen LogP contribution in [-0.2, 0) is 17.6 Å². The molecule has 2 amide bonds. The van der Waals surface area contributed by atoms with E-state index in [2.05, 4.69) is 15.3 Å². The third-order valence-electron chi connectivity index (χ3n) is 5.03. The molecule has 0 fully saturated rings. The summed E-state index contributed by atoms with van der Waals surface area (Å²) in [6, 6.07) is 11.7. The van der Waals surface area contributed by atoms with Crippen molar-refractivity contribution in [1.29, 1.82) is 0 Å². The zero-order valence-electron chi connectivity index (χ0n) is 16.6. The predicted octanol–water partition coefficient (Wildman–Crippen LogP) is 4.30. The summed E-state index contributed by atoms with van der Waals surface area (Å²) in [4.78, 5) is 34.6. The fourth-order valence-corrected chi connectivity index (χ4v) is 5.65. The zero-order chi connectivity index (χ0) is 21.1. The number of benzene rings is 1. The van der Waals surface area contributed by atoms with Crippen molar-refractivity contribution in [3.8, 4) is 11.3 Å². The smallest absolute Gasteiger partial charge is 0.251 e. The minimum Gasteiger partial charge on any atom is -0.365 e. The molecule has 1 aliphatic rings. The monoisotopic (exact) mass is 438 g/mol. The van der Waals surface area contributed by atoms with E-state index in [0.29, 0.717) is 15.6 Å². The van der Waals surface area contributed by atoms with E-state index in [-0.39, 0.29) is 5.91 Å². The summed E-state index contributed by atoms with van der Waals surface area (Å²) in [5.41, 5.74) is 8.92. The fraction of sp³-hybridized carbons (Fsp3) is 0.273. The average molecular weight is 439 g/mol. The lowest BCUT2D eigenvalue weighted by Crippen LogP contribution is -2.24. The summed E-state index contributed by atoms with van der Waals surface area (Å²) in [6.45, 7) is 1.82. The van der Waals surface area contributed by atoms with Crippen LogP contribution in [0.3, 0.4) is 0 Å². The Morgan fingerprint density at radius 2 is 1.93 bits per heavy atom. The van der Waals surface area contributed by atoms with Crippen LogP contribution in [0.15, 0.2) is 47.8 Å². The number of nitrogens with two attached hydrogens (primary N) is 1. The molecule has 3 N–H and O–H groups in total. The number of hydrogen-bond acceptors (Lipinski definition) is 6. The van der Waals surface area contributed by atoms with Gasteiger partial charge in [-0.2, -0.15) is 0 Å². The highest BCUT2D eigenvalue weighted by atomic mass is 32.2. The van der Waals surface area contributed by atoms with Gasteiger partial charge in [0.05, 0.1) is 16.5 Å². The molecule has 30 heavy (non-hydrogen) atoms. The van der Waals surface area contributed by atoms with Gasteiger partial charge in [0.25, 0.3) is 5.91 Å². The lowest BCUT2D eigenvalue weighted by atomic mass is 9.95. The zero-order valence-corrected chi connectivity index (χ0v) is 18.2. The molecule has 0 saturated carbocycles. The van der Waals surface area contributed by atoms with Gasteiger partial charge >= 0.3 is 0 Å². The molecule has 1 aliphatic carbocycles. The maximum Gasteiger partial charge on any atom is 0.251 e. The highest BCUT2D eigenvalue weighted by molar-refractivity contribution is 8.00. The third kappa shape index (κ3) is 4.39. The van der Waals surface area contributed by atoms with Crippen LogP contribution in [0.2, 0.25) is 0 Å². The molecule has 4 rings (SSSR count). The molecule has 3 aromatic rings. The molecule has 6 nitrogen and oxygen atoms in total. The highest BCUT2D eigenvalue weighted by Gasteiger charge is 2.26. The molecule has 0 radical (unpaired) electrons. The van der Waals surface area contributed by atoms with E-state index < -0.39 is 11.2 Å². The van der Waals surface area contributed by atoms with Crippen LogP contribution >= 0.6 is 23.1 Å². The Morgan fingerprint density at radius 3 is 2.70 bits per heavy atom. The van der Waals surface area contributed by atoms with Crippen LogP contribution < -0.4 is 11.1 Å². The van der Waals surface area contributed by atoms with E-state index >= 15 is 0 Å². The molecule has 0 aliphatic heterocycles. The molecule has 2 heterocycles. The first-order chi connectivity index (χ1) is 14.5. The van der Waals surface area contributed by atoms with Gasteiger partial charge in [0.2, 0.25) is 5.91 Å². The predicted molar refractivity (Wildman–Crippen MR) is 121 cm³/mol. The lowest BCUT2D eigenvalue weighted by molar-refractivity contribution is -0.115. The summed E-state index contributed by atoms with van der Waals surface area (Å²) < 4.78 is 0. The first kappa shape index (κ1) is 20.6. The van der Waals surface area contributed by atoms with E-state index in [4.69, 9.17) is 5.73 Å². The SMILES string of the molecule is C[C@@H](Sc1cc(-c2ccccc2)ncn1)C(=O)Nc1sc2c(c1C(N)=O)CCCC2. The highest BCUT2D eigenvalue weighted by Crippen LogP contribution is 2.38. The molecular formula is C22H22N4O2S2. The maximum atomic E-state index is 12.8. The minimum atomic E-state index is -0.478. The summed E-state index contributed by atoms with van der Waals surface area (Å²) in [5, 5.41) is 3.81. The van der Waals surface area contributed by atoms with Gasteiger partial charge in [0.15, 0.2) is 0 Å². The molecule has 2 aromatic heterocycles. The van der Waals surface area contributed by atoms with Gasteiger partial charge in [0, 0.05) is 10.4 Å². The van der Waals surface area contributed by atoms with Gasteiger partial charge in [-0.05, 0) is 44.2 Å². The molecule has 1 atom stereocenters. The molecule has 8 heteroatoms. The number of rotatable bonds is 6. The van der Waals surface area contributed by atoms with Crippen molar-refractivity contribution >= 4 is 39.9 Å². The quantitative estimate of drug-likeness (QED) is 0.442. The van der Waals surface area contributed by atoms with E-state index in [1.54, 1.807) is 0 Å². The average Bonchev–Trinajstić information content (AvgIpc) is 3.12. The van der Waals surface area contributed by atoms with Gasteiger partial charge in [-0.1, -0.05) is 42.1 Å². The summed E-state index contributed by atoms with van der Waals surface area (Å²) >= 11 is 2.83. The van der Waals surface area contributed by atoms with Crippen LogP contribution in [0, 0.1) is 0 Å². The number of nitrogens with one attached hydrogen (secondary N) is 1. The van der Waals surface area contributed by atoms with Crippen LogP contribution in [0.1, 0.15) is 40.6 Å². The van der Waals surface area contributed by atoms with Gasteiger partial charge < -0.3 is 11.1 Å². The number of hydrogen-bond donors (Lipinski definition) is 2. The molecule has 154 valence electrons. The number of aryl methyl sites for hydroxylation is 1. The number of amides is 2. The van der Waals surface area contributed by atoms with Gasteiger partial charge in [-0.3, -0.25) is 9.59 Å². The lowest BCUT2D eigenvalue weighted by Gasteiger charge is -2.12. The number of anilines is 1. The second-order valence-corrected chi connectivity index (χ2v) is 9.60. The van der Waals surface area contributed by atoms with E-state index in [9.17, 15) is 9.59 Å². The number of thiophene rings is 1. The van der Waals surface area contributed by atoms with Crippen molar-refractivity contribution in [2.45, 2.75) is 42.9 Å². The first-order valence-electron chi connectivity index (χ1n) is 9.82. The standard InChI is InChI=1S/C22H22N4O2S2/c1-13(29-18-11-16(24-12-25-18)14-7-3-2-4-8-14)21(28)26-22-19(20(23)27)15-9-5-6-10-17(15)30-22/h2-4,7-8,11-13H,5-6,9-10H2,1H3,(H2,23,27)(H,26,28)/t13-/m1/s1. The van der Waals surface area contributed by atoms with Crippen molar-refractivity contribution in [3.05, 3.63) is 58.7 Å². The topological polar surface area (TPSA) is 98.0 Å². The number of primary amides is 1. The van der Waals surface area contributed by atoms with Gasteiger partial charge in [0.1, 0.15) is 16.4 Å². The molecule has 1 aromatic carbocycles. The molecule has 0 spiro atoms. The summed E-state index contributed by atoms with van der Waals surface area (Å²) in [6.07, 6.45) is 5.43. The van der Waals surface area contributed by atoms with E-state index in [0.717, 1.165) is 47.4 Å². The molecule has 0 bridgehead atoms. The van der Waals surface area contributed by atoms with Gasteiger partial charge in [-0.15, -0.1) is 11.3 Å². The maximum absolute atomic E-state index is 12.8. The number of carbonyl (C=O) groups is 2. The van der Waals surface area contributed by atoms with Crippen LogP contribution in [-0.4, -0.2) is 27.0 Å². The van der Waals surface area contributed by atoms with E-state index in [1.165, 1.54) is 29.4 Å². The van der Waals surface area contributed by atoms with Crippen molar-refractivity contribution in [2.24, 2.45) is 5.73 Å². The number of aromatic nitrogens is 2. The van der Waals surface area contributed by atoms with Crippen molar-refractivity contribution in [1.82, 2.24) is 9.97 Å². The Kier molecular flexibility index (Phi) is 6.15. The third-order valence-corrected chi connectivity index (χ3v) is 7.27. The fourth-order valence-electron chi connectivity index (χ4n) is 3.53. The first-order valence-corrected chi connectivity index (χ1v) is 11.5. The number of thioether (sulfide) groups is 1.